The SMILES string of the molecule is C[C@H](OC(=O)c1cccc(NC(N)=O)c1)C(=O)Nc1ccc(C(F)(F)F)cc1. The zero-order valence-electron chi connectivity index (χ0n) is 14.5. The van der Waals surface area contributed by atoms with Crippen LogP contribution in [0.2, 0.25) is 0 Å². The highest BCUT2D eigenvalue weighted by Crippen LogP contribution is 2.29. The molecule has 10 heteroatoms. The molecule has 2 aromatic carbocycles. The standard InChI is InChI=1S/C18H16F3N3O4/c1-10(15(25)23-13-7-5-12(6-8-13)18(19,20)21)28-16(26)11-3-2-4-14(9-11)24-17(22)27/h2-10H,1H3,(H,23,25)(H3,22,24,27)/t10-/m0/s1. The number of nitrogens with one attached hydrogen (secondary N) is 2. The molecule has 0 aliphatic rings. The number of primary amides is 1. The molecule has 7 nitrogen and oxygen atoms in total. The van der Waals surface area contributed by atoms with Crippen molar-refractivity contribution in [1.29, 1.82) is 0 Å². The van der Waals surface area contributed by atoms with Gasteiger partial charge in [-0.3, -0.25) is 4.79 Å². The molecule has 0 aliphatic heterocycles. The third-order valence-corrected chi connectivity index (χ3v) is 3.50. The Bertz CT molecular complexity index is 882. The molecular formula is C18H16F3N3O4. The lowest BCUT2D eigenvalue weighted by molar-refractivity contribution is -0.137. The fourth-order valence-electron chi connectivity index (χ4n) is 2.13. The smallest absolute Gasteiger partial charge is 0.416 e. The van der Waals surface area contributed by atoms with Gasteiger partial charge in [0.25, 0.3) is 5.91 Å². The van der Waals surface area contributed by atoms with E-state index in [2.05, 4.69) is 10.6 Å². The Morgan fingerprint density at radius 2 is 1.64 bits per heavy atom. The van der Waals surface area contributed by atoms with Crippen molar-refractivity contribution in [2.24, 2.45) is 5.73 Å². The Labute approximate surface area is 157 Å². The van der Waals surface area contributed by atoms with E-state index in [1.807, 2.05) is 0 Å². The van der Waals surface area contributed by atoms with Gasteiger partial charge in [0.05, 0.1) is 11.1 Å². The number of amides is 3. The third kappa shape index (κ3) is 5.73. The molecule has 4 N–H and O–H groups in total. The molecule has 0 unspecified atom stereocenters. The van der Waals surface area contributed by atoms with Crippen LogP contribution in [0.5, 0.6) is 0 Å². The topological polar surface area (TPSA) is 111 Å². The third-order valence-electron chi connectivity index (χ3n) is 3.50. The lowest BCUT2D eigenvalue weighted by Crippen LogP contribution is -2.30. The molecule has 0 fully saturated rings. The molecule has 0 radical (unpaired) electrons. The summed E-state index contributed by atoms with van der Waals surface area (Å²) < 4.78 is 42.6. The van der Waals surface area contributed by atoms with Gasteiger partial charge in [-0.15, -0.1) is 0 Å². The molecule has 0 heterocycles. The fraction of sp³-hybridized carbons (Fsp3) is 0.167. The number of anilines is 2. The number of alkyl halides is 3. The number of nitrogens with two attached hydrogens (primary N) is 1. The van der Waals surface area contributed by atoms with E-state index in [-0.39, 0.29) is 16.9 Å². The van der Waals surface area contributed by atoms with Crippen LogP contribution >= 0.6 is 0 Å². The van der Waals surface area contributed by atoms with Crippen LogP contribution in [0.4, 0.5) is 29.3 Å². The first kappa shape index (κ1) is 20.7. The van der Waals surface area contributed by atoms with Crippen LogP contribution < -0.4 is 16.4 Å². The van der Waals surface area contributed by atoms with Crippen molar-refractivity contribution in [2.45, 2.75) is 19.2 Å². The summed E-state index contributed by atoms with van der Waals surface area (Å²) >= 11 is 0. The second kappa shape index (κ2) is 8.42. The summed E-state index contributed by atoms with van der Waals surface area (Å²) in [6.45, 7) is 1.31. The van der Waals surface area contributed by atoms with E-state index < -0.39 is 35.8 Å². The zero-order chi connectivity index (χ0) is 20.9. The number of esters is 1. The molecule has 3 amide bonds. The summed E-state index contributed by atoms with van der Waals surface area (Å²) in [6, 6.07) is 8.73. The average molecular weight is 395 g/mol. The molecular weight excluding hydrogens is 379 g/mol. The number of hydrogen-bond acceptors (Lipinski definition) is 4. The van der Waals surface area contributed by atoms with Crippen molar-refractivity contribution < 1.29 is 32.3 Å². The highest BCUT2D eigenvalue weighted by molar-refractivity contribution is 5.98. The van der Waals surface area contributed by atoms with Crippen molar-refractivity contribution >= 4 is 29.3 Å². The van der Waals surface area contributed by atoms with E-state index in [9.17, 15) is 27.6 Å². The lowest BCUT2D eigenvalue weighted by atomic mass is 10.2. The van der Waals surface area contributed by atoms with E-state index in [4.69, 9.17) is 10.5 Å². The fourth-order valence-corrected chi connectivity index (χ4v) is 2.13. The van der Waals surface area contributed by atoms with Crippen molar-refractivity contribution in [3.8, 4) is 0 Å². The summed E-state index contributed by atoms with van der Waals surface area (Å²) in [6.07, 6.45) is -5.70. The highest BCUT2D eigenvalue weighted by atomic mass is 19.4. The summed E-state index contributed by atoms with van der Waals surface area (Å²) in [5.41, 5.74) is 4.60. The van der Waals surface area contributed by atoms with E-state index in [0.717, 1.165) is 24.3 Å². The van der Waals surface area contributed by atoms with Crippen LogP contribution in [0.3, 0.4) is 0 Å². The predicted octanol–water partition coefficient (Wildman–Crippen LogP) is 3.38. The van der Waals surface area contributed by atoms with Gasteiger partial charge in [0, 0.05) is 11.4 Å². The Kier molecular flexibility index (Phi) is 6.24. The molecule has 0 bridgehead atoms. The first-order valence-corrected chi connectivity index (χ1v) is 7.92. The van der Waals surface area contributed by atoms with E-state index >= 15 is 0 Å². The summed E-state index contributed by atoms with van der Waals surface area (Å²) in [4.78, 5) is 35.1. The van der Waals surface area contributed by atoms with E-state index in [0.29, 0.717) is 0 Å². The first-order chi connectivity index (χ1) is 13.1. The quantitative estimate of drug-likeness (QED) is 0.674. The number of rotatable bonds is 5. The first-order valence-electron chi connectivity index (χ1n) is 7.92. The maximum absolute atomic E-state index is 12.5. The van der Waals surface area contributed by atoms with Gasteiger partial charge in [0.1, 0.15) is 0 Å². The Morgan fingerprint density at radius 3 is 2.21 bits per heavy atom. The predicted molar refractivity (Wildman–Crippen MR) is 94.6 cm³/mol. The number of carbonyl (C=O) groups excluding carboxylic acids is 3. The van der Waals surface area contributed by atoms with Crippen LogP contribution in [-0.2, 0) is 15.7 Å². The minimum atomic E-state index is -4.48. The average Bonchev–Trinajstić information content (AvgIpc) is 2.61. The second-order valence-corrected chi connectivity index (χ2v) is 5.68. The van der Waals surface area contributed by atoms with Crippen LogP contribution in [0.25, 0.3) is 0 Å². The Morgan fingerprint density at radius 1 is 1.00 bits per heavy atom. The molecule has 148 valence electrons. The molecule has 2 aromatic rings. The van der Waals surface area contributed by atoms with Gasteiger partial charge in [0.2, 0.25) is 0 Å². The summed E-state index contributed by atoms with van der Waals surface area (Å²) in [5, 5.41) is 4.65. The van der Waals surface area contributed by atoms with Crippen LogP contribution in [0.15, 0.2) is 48.5 Å². The van der Waals surface area contributed by atoms with Crippen molar-refractivity contribution in [3.05, 3.63) is 59.7 Å². The van der Waals surface area contributed by atoms with Crippen LogP contribution in [0.1, 0.15) is 22.8 Å². The molecule has 2 rings (SSSR count). The number of halogens is 3. The number of benzene rings is 2. The maximum atomic E-state index is 12.5. The molecule has 0 saturated heterocycles. The second-order valence-electron chi connectivity index (χ2n) is 5.68. The monoisotopic (exact) mass is 395 g/mol. The largest absolute Gasteiger partial charge is 0.449 e. The van der Waals surface area contributed by atoms with Gasteiger partial charge in [-0.25, -0.2) is 9.59 Å². The van der Waals surface area contributed by atoms with Gasteiger partial charge in [-0.05, 0) is 49.4 Å². The van der Waals surface area contributed by atoms with Crippen molar-refractivity contribution in [3.63, 3.8) is 0 Å². The van der Waals surface area contributed by atoms with E-state index in [1.54, 1.807) is 0 Å². The maximum Gasteiger partial charge on any atom is 0.416 e. The van der Waals surface area contributed by atoms with Gasteiger partial charge >= 0.3 is 18.2 Å². The molecule has 0 aromatic heterocycles. The molecule has 0 spiro atoms. The minimum absolute atomic E-state index is 0.0698. The number of urea groups is 1. The van der Waals surface area contributed by atoms with Crippen molar-refractivity contribution in [1.82, 2.24) is 0 Å². The minimum Gasteiger partial charge on any atom is -0.449 e. The Balaban J connectivity index is 1.98. The lowest BCUT2D eigenvalue weighted by Gasteiger charge is -2.14. The number of hydrogen-bond donors (Lipinski definition) is 3. The summed E-state index contributed by atoms with van der Waals surface area (Å²) in [7, 11) is 0. The highest BCUT2D eigenvalue weighted by Gasteiger charge is 2.30. The van der Waals surface area contributed by atoms with Gasteiger partial charge in [-0.1, -0.05) is 6.07 Å². The van der Waals surface area contributed by atoms with Crippen LogP contribution in [-0.4, -0.2) is 24.0 Å². The molecule has 0 saturated carbocycles. The number of carbonyl (C=O) groups is 3. The van der Waals surface area contributed by atoms with Crippen LogP contribution in [0, 0.1) is 0 Å². The molecule has 0 aliphatic carbocycles. The van der Waals surface area contributed by atoms with E-state index in [1.165, 1.54) is 31.2 Å². The normalized spacial score (nSPS) is 12.0. The van der Waals surface area contributed by atoms with Crippen molar-refractivity contribution in [2.75, 3.05) is 10.6 Å². The van der Waals surface area contributed by atoms with Gasteiger partial charge in [0.15, 0.2) is 6.10 Å². The molecule has 28 heavy (non-hydrogen) atoms. The summed E-state index contributed by atoms with van der Waals surface area (Å²) in [5.74, 6) is -1.55. The zero-order valence-corrected chi connectivity index (χ0v) is 14.5. The Hall–Kier alpha value is -3.56. The van der Waals surface area contributed by atoms with Gasteiger partial charge < -0.3 is 21.1 Å². The van der Waals surface area contributed by atoms with Gasteiger partial charge in [-0.2, -0.15) is 13.2 Å². The molecule has 1 atom stereocenters. The number of ether oxygens (including phenoxy) is 1.